The third-order valence-corrected chi connectivity index (χ3v) is 3.97. The lowest BCUT2D eigenvalue weighted by atomic mass is 10.0. The first-order valence-electron chi connectivity index (χ1n) is 8.07. The topological polar surface area (TPSA) is 41.1 Å². The van der Waals surface area contributed by atoms with E-state index in [4.69, 9.17) is 4.74 Å². The first-order valence-corrected chi connectivity index (χ1v) is 8.07. The van der Waals surface area contributed by atoms with E-state index in [1.165, 1.54) is 16.7 Å². The zero-order valence-electron chi connectivity index (χ0n) is 14.4. The van der Waals surface area contributed by atoms with Gasteiger partial charge in [0.25, 0.3) is 0 Å². The molecule has 0 unspecified atom stereocenters. The number of aromatic nitrogens is 2. The Morgan fingerprint density at radius 1 is 1.00 bits per heavy atom. The van der Waals surface area contributed by atoms with Gasteiger partial charge in [0.1, 0.15) is 5.75 Å². The van der Waals surface area contributed by atoms with Gasteiger partial charge in [0.2, 0.25) is 0 Å². The molecule has 0 aliphatic rings. The number of rotatable bonds is 6. The van der Waals surface area contributed by atoms with E-state index in [-0.39, 0.29) is 0 Å². The summed E-state index contributed by atoms with van der Waals surface area (Å²) in [5, 5.41) is 7.29. The summed E-state index contributed by atoms with van der Waals surface area (Å²) < 4.78 is 5.32. The van der Waals surface area contributed by atoms with Gasteiger partial charge in [-0.15, -0.1) is 0 Å². The highest BCUT2D eigenvalue weighted by atomic mass is 16.5. The van der Waals surface area contributed by atoms with Gasteiger partial charge in [-0.3, -0.25) is 10.00 Å². The van der Waals surface area contributed by atoms with Gasteiger partial charge in [0.05, 0.1) is 12.8 Å². The van der Waals surface area contributed by atoms with E-state index in [0.29, 0.717) is 0 Å². The van der Waals surface area contributed by atoms with Crippen molar-refractivity contribution in [3.63, 3.8) is 0 Å². The summed E-state index contributed by atoms with van der Waals surface area (Å²) in [4.78, 5) is 2.26. The van der Waals surface area contributed by atoms with Crippen LogP contribution in [0.5, 0.6) is 5.75 Å². The van der Waals surface area contributed by atoms with Crippen LogP contribution in [-0.2, 0) is 13.1 Å². The maximum atomic E-state index is 5.32. The summed E-state index contributed by atoms with van der Waals surface area (Å²) in [5.41, 5.74) is 5.82. The van der Waals surface area contributed by atoms with E-state index in [1.807, 2.05) is 19.1 Å². The molecule has 0 amide bonds. The molecule has 3 rings (SSSR count). The molecule has 0 saturated heterocycles. The van der Waals surface area contributed by atoms with Gasteiger partial charge < -0.3 is 4.74 Å². The second kappa shape index (κ2) is 7.32. The summed E-state index contributed by atoms with van der Waals surface area (Å²) in [6, 6.07) is 18.9. The van der Waals surface area contributed by atoms with E-state index >= 15 is 0 Å². The Kier molecular flexibility index (Phi) is 4.96. The first kappa shape index (κ1) is 16.3. The van der Waals surface area contributed by atoms with Crippen LogP contribution in [0.4, 0.5) is 0 Å². The second-order valence-corrected chi connectivity index (χ2v) is 6.15. The van der Waals surface area contributed by atoms with E-state index in [9.17, 15) is 0 Å². The van der Waals surface area contributed by atoms with Crippen molar-refractivity contribution < 1.29 is 4.74 Å². The standard InChI is InChI=1S/C20H23N3O/c1-15-10-19(22-21-15)14-23(2)13-16-6-4-7-17(11-16)18-8-5-9-20(12-18)24-3/h4-12H,13-14H2,1-3H3,(H,21,22). The van der Waals surface area contributed by atoms with Crippen LogP contribution < -0.4 is 4.74 Å². The highest BCUT2D eigenvalue weighted by Crippen LogP contribution is 2.25. The Balaban J connectivity index is 1.72. The van der Waals surface area contributed by atoms with E-state index in [0.717, 1.165) is 30.2 Å². The maximum absolute atomic E-state index is 5.32. The molecule has 1 N–H and O–H groups in total. The van der Waals surface area contributed by atoms with Gasteiger partial charge in [-0.05, 0) is 54.9 Å². The van der Waals surface area contributed by atoms with Crippen molar-refractivity contribution in [3.8, 4) is 16.9 Å². The molecule has 0 saturated carbocycles. The third kappa shape index (κ3) is 4.03. The molecule has 0 spiro atoms. The molecule has 0 aliphatic carbocycles. The van der Waals surface area contributed by atoms with Crippen LogP contribution in [0.15, 0.2) is 54.6 Å². The van der Waals surface area contributed by atoms with Gasteiger partial charge in [-0.2, -0.15) is 5.10 Å². The average molecular weight is 321 g/mol. The molecule has 124 valence electrons. The van der Waals surface area contributed by atoms with Crippen LogP contribution in [0.2, 0.25) is 0 Å². The maximum Gasteiger partial charge on any atom is 0.119 e. The van der Waals surface area contributed by atoms with Gasteiger partial charge in [-0.25, -0.2) is 0 Å². The number of hydrogen-bond donors (Lipinski definition) is 1. The van der Waals surface area contributed by atoms with E-state index < -0.39 is 0 Å². The van der Waals surface area contributed by atoms with Crippen molar-refractivity contribution >= 4 is 0 Å². The van der Waals surface area contributed by atoms with Crippen molar-refractivity contribution in [3.05, 3.63) is 71.5 Å². The minimum Gasteiger partial charge on any atom is -0.497 e. The normalized spacial score (nSPS) is 11.0. The number of nitrogens with one attached hydrogen (secondary N) is 1. The van der Waals surface area contributed by atoms with E-state index in [1.54, 1.807) is 7.11 Å². The van der Waals surface area contributed by atoms with Crippen LogP contribution in [-0.4, -0.2) is 29.3 Å². The molecule has 0 aliphatic heterocycles. The number of methoxy groups -OCH3 is 1. The molecule has 0 fully saturated rings. The Hall–Kier alpha value is -2.59. The highest BCUT2D eigenvalue weighted by molar-refractivity contribution is 5.65. The third-order valence-electron chi connectivity index (χ3n) is 3.97. The first-order chi connectivity index (χ1) is 11.6. The number of H-pyrrole nitrogens is 1. The molecular formula is C20H23N3O. The molecular weight excluding hydrogens is 298 g/mol. The van der Waals surface area contributed by atoms with Gasteiger partial charge >= 0.3 is 0 Å². The number of ether oxygens (including phenoxy) is 1. The molecule has 4 heteroatoms. The lowest BCUT2D eigenvalue weighted by Crippen LogP contribution is -2.17. The lowest BCUT2D eigenvalue weighted by molar-refractivity contribution is 0.315. The smallest absolute Gasteiger partial charge is 0.119 e. The molecule has 1 heterocycles. The van der Waals surface area contributed by atoms with Crippen LogP contribution in [0.1, 0.15) is 17.0 Å². The molecule has 2 aromatic carbocycles. The molecule has 0 atom stereocenters. The number of nitrogens with zero attached hydrogens (tertiary/aromatic N) is 2. The summed E-state index contributed by atoms with van der Waals surface area (Å²) in [5.74, 6) is 0.879. The number of aryl methyl sites for hydroxylation is 1. The van der Waals surface area contributed by atoms with Crippen molar-refractivity contribution in [1.29, 1.82) is 0 Å². The van der Waals surface area contributed by atoms with Crippen molar-refractivity contribution in [2.75, 3.05) is 14.2 Å². The van der Waals surface area contributed by atoms with Gasteiger partial charge in [0.15, 0.2) is 0 Å². The molecule has 0 bridgehead atoms. The summed E-state index contributed by atoms with van der Waals surface area (Å²) >= 11 is 0. The van der Waals surface area contributed by atoms with Crippen molar-refractivity contribution in [1.82, 2.24) is 15.1 Å². The molecule has 1 aromatic heterocycles. The van der Waals surface area contributed by atoms with E-state index in [2.05, 4.69) is 64.6 Å². The highest BCUT2D eigenvalue weighted by Gasteiger charge is 2.06. The number of hydrogen-bond acceptors (Lipinski definition) is 3. The Morgan fingerprint density at radius 2 is 1.75 bits per heavy atom. The van der Waals surface area contributed by atoms with Crippen LogP contribution in [0, 0.1) is 6.92 Å². The SMILES string of the molecule is COc1cccc(-c2cccc(CN(C)Cc3cc(C)[nH]n3)c2)c1. The largest absolute Gasteiger partial charge is 0.497 e. The van der Waals surface area contributed by atoms with Crippen LogP contribution in [0.25, 0.3) is 11.1 Å². The molecule has 24 heavy (non-hydrogen) atoms. The summed E-state index contributed by atoms with van der Waals surface area (Å²) in [6.07, 6.45) is 0. The monoisotopic (exact) mass is 321 g/mol. The Bertz CT molecular complexity index is 810. The Morgan fingerprint density at radius 3 is 2.46 bits per heavy atom. The molecule has 4 nitrogen and oxygen atoms in total. The number of benzene rings is 2. The fraction of sp³-hybridized carbons (Fsp3) is 0.250. The summed E-state index contributed by atoms with van der Waals surface area (Å²) in [7, 11) is 3.81. The zero-order chi connectivity index (χ0) is 16.9. The molecule has 0 radical (unpaired) electrons. The minimum atomic E-state index is 0.827. The van der Waals surface area contributed by atoms with Gasteiger partial charge in [-0.1, -0.05) is 30.3 Å². The quantitative estimate of drug-likeness (QED) is 0.745. The predicted molar refractivity (Wildman–Crippen MR) is 96.9 cm³/mol. The van der Waals surface area contributed by atoms with Crippen LogP contribution in [0.3, 0.4) is 0 Å². The van der Waals surface area contributed by atoms with Crippen molar-refractivity contribution in [2.45, 2.75) is 20.0 Å². The Labute approximate surface area is 143 Å². The molecule has 3 aromatic rings. The van der Waals surface area contributed by atoms with Gasteiger partial charge in [0, 0.05) is 18.8 Å². The van der Waals surface area contributed by atoms with Crippen LogP contribution >= 0.6 is 0 Å². The minimum absolute atomic E-state index is 0.827. The zero-order valence-corrected chi connectivity index (χ0v) is 14.4. The fourth-order valence-electron chi connectivity index (χ4n) is 2.85. The second-order valence-electron chi connectivity index (χ2n) is 6.15. The van der Waals surface area contributed by atoms with Crippen molar-refractivity contribution in [2.24, 2.45) is 0 Å². The predicted octanol–water partition coefficient (Wildman–Crippen LogP) is 4.03. The summed E-state index contributed by atoms with van der Waals surface area (Å²) in [6.45, 7) is 3.73. The lowest BCUT2D eigenvalue weighted by Gasteiger charge is -2.16. The number of aromatic amines is 1. The average Bonchev–Trinajstić information content (AvgIpc) is 3.00. The fourth-order valence-corrected chi connectivity index (χ4v) is 2.85.